The molecule has 0 aliphatic rings. The van der Waals surface area contributed by atoms with Crippen LogP contribution in [-0.4, -0.2) is 37.7 Å². The standard InChI is InChI=1S/C12H14ClN3O2S/c1-18-5-4-14-11(17)7-15-12-16-9-3-2-8(13)6-10(9)19-12/h2-3,6H,4-5,7H2,1H3,(H,14,17)(H,15,16). The summed E-state index contributed by atoms with van der Waals surface area (Å²) in [4.78, 5) is 15.9. The normalized spacial score (nSPS) is 10.6. The van der Waals surface area contributed by atoms with Crippen LogP contribution in [0.2, 0.25) is 5.02 Å². The molecule has 0 aliphatic carbocycles. The molecule has 7 heteroatoms. The van der Waals surface area contributed by atoms with Gasteiger partial charge in [-0.2, -0.15) is 0 Å². The van der Waals surface area contributed by atoms with Gasteiger partial charge >= 0.3 is 0 Å². The van der Waals surface area contributed by atoms with E-state index in [4.69, 9.17) is 16.3 Å². The van der Waals surface area contributed by atoms with Gasteiger partial charge in [-0.1, -0.05) is 22.9 Å². The predicted octanol–water partition coefficient (Wildman–Crippen LogP) is 2.12. The topological polar surface area (TPSA) is 63.2 Å². The minimum absolute atomic E-state index is 0.0886. The lowest BCUT2D eigenvalue weighted by Gasteiger charge is -2.04. The first-order valence-electron chi connectivity index (χ1n) is 5.74. The third-order valence-corrected chi connectivity index (χ3v) is 3.59. The Morgan fingerprint density at radius 3 is 3.16 bits per heavy atom. The number of rotatable bonds is 6. The lowest BCUT2D eigenvalue weighted by Crippen LogP contribution is -2.32. The van der Waals surface area contributed by atoms with Gasteiger partial charge in [0, 0.05) is 18.7 Å². The number of methoxy groups -OCH3 is 1. The summed E-state index contributed by atoms with van der Waals surface area (Å²) >= 11 is 7.38. The van der Waals surface area contributed by atoms with Crippen LogP contribution in [0.1, 0.15) is 0 Å². The van der Waals surface area contributed by atoms with Crippen LogP contribution in [0.5, 0.6) is 0 Å². The summed E-state index contributed by atoms with van der Waals surface area (Å²) in [5.41, 5.74) is 0.872. The molecular weight excluding hydrogens is 286 g/mol. The molecular formula is C12H14ClN3O2S. The Morgan fingerprint density at radius 2 is 2.37 bits per heavy atom. The van der Waals surface area contributed by atoms with E-state index in [1.165, 1.54) is 11.3 Å². The van der Waals surface area contributed by atoms with E-state index in [1.807, 2.05) is 12.1 Å². The van der Waals surface area contributed by atoms with Crippen LogP contribution in [0.3, 0.4) is 0 Å². The zero-order valence-electron chi connectivity index (χ0n) is 10.4. The fourth-order valence-corrected chi connectivity index (χ4v) is 2.62. The molecule has 0 saturated heterocycles. The molecule has 2 aromatic rings. The van der Waals surface area contributed by atoms with E-state index in [0.717, 1.165) is 10.2 Å². The number of carbonyl (C=O) groups is 1. The number of thiazole rings is 1. The van der Waals surface area contributed by atoms with Gasteiger partial charge in [-0.25, -0.2) is 4.98 Å². The Balaban J connectivity index is 1.89. The Bertz CT molecular complexity index is 573. The summed E-state index contributed by atoms with van der Waals surface area (Å²) in [7, 11) is 1.59. The first kappa shape index (κ1) is 14.0. The average Bonchev–Trinajstić information content (AvgIpc) is 2.78. The van der Waals surface area contributed by atoms with Gasteiger partial charge in [-0.15, -0.1) is 0 Å². The number of nitrogens with zero attached hydrogens (tertiary/aromatic N) is 1. The van der Waals surface area contributed by atoms with E-state index in [9.17, 15) is 4.79 Å². The summed E-state index contributed by atoms with van der Waals surface area (Å²) in [6, 6.07) is 5.52. The molecule has 102 valence electrons. The van der Waals surface area contributed by atoms with Gasteiger partial charge in [0.25, 0.3) is 0 Å². The molecule has 1 amide bonds. The number of carbonyl (C=O) groups excluding carboxylic acids is 1. The van der Waals surface area contributed by atoms with Crippen LogP contribution in [0.15, 0.2) is 18.2 Å². The van der Waals surface area contributed by atoms with Crippen molar-refractivity contribution in [1.82, 2.24) is 10.3 Å². The maximum atomic E-state index is 11.5. The minimum atomic E-state index is -0.0886. The molecule has 5 nitrogen and oxygen atoms in total. The summed E-state index contributed by atoms with van der Waals surface area (Å²) in [6.45, 7) is 1.20. The first-order chi connectivity index (χ1) is 9.19. The highest BCUT2D eigenvalue weighted by Crippen LogP contribution is 2.27. The number of halogens is 1. The number of anilines is 1. The number of hydrogen-bond donors (Lipinski definition) is 2. The van der Waals surface area contributed by atoms with E-state index in [2.05, 4.69) is 15.6 Å². The Kier molecular flexibility index (Phi) is 4.95. The molecule has 1 aromatic heterocycles. The second-order valence-corrected chi connectivity index (χ2v) is 5.29. The maximum absolute atomic E-state index is 11.5. The molecule has 19 heavy (non-hydrogen) atoms. The Hall–Kier alpha value is -1.37. The molecule has 0 saturated carbocycles. The van der Waals surface area contributed by atoms with E-state index in [0.29, 0.717) is 23.3 Å². The van der Waals surface area contributed by atoms with Crippen molar-refractivity contribution in [3.8, 4) is 0 Å². The van der Waals surface area contributed by atoms with Gasteiger partial charge in [-0.3, -0.25) is 4.79 Å². The molecule has 1 aromatic carbocycles. The van der Waals surface area contributed by atoms with E-state index >= 15 is 0 Å². The van der Waals surface area contributed by atoms with Crippen LogP contribution in [-0.2, 0) is 9.53 Å². The number of ether oxygens (including phenoxy) is 1. The van der Waals surface area contributed by atoms with Crippen LogP contribution in [0.4, 0.5) is 5.13 Å². The van der Waals surface area contributed by atoms with Gasteiger partial charge in [-0.05, 0) is 18.2 Å². The van der Waals surface area contributed by atoms with Crippen LogP contribution < -0.4 is 10.6 Å². The highest BCUT2D eigenvalue weighted by atomic mass is 35.5. The predicted molar refractivity (Wildman–Crippen MR) is 78.0 cm³/mol. The summed E-state index contributed by atoms with van der Waals surface area (Å²) < 4.78 is 5.84. The van der Waals surface area contributed by atoms with Crippen molar-refractivity contribution in [3.63, 3.8) is 0 Å². The van der Waals surface area contributed by atoms with Crippen LogP contribution in [0.25, 0.3) is 10.2 Å². The third kappa shape index (κ3) is 4.05. The smallest absolute Gasteiger partial charge is 0.239 e. The molecule has 0 fully saturated rings. The number of fused-ring (bicyclic) bond motifs is 1. The number of amides is 1. The molecule has 0 unspecified atom stereocenters. The lowest BCUT2D eigenvalue weighted by molar-refractivity contribution is -0.119. The van der Waals surface area contributed by atoms with E-state index in [1.54, 1.807) is 13.2 Å². The van der Waals surface area contributed by atoms with Gasteiger partial charge in [0.05, 0.1) is 23.4 Å². The van der Waals surface area contributed by atoms with E-state index < -0.39 is 0 Å². The van der Waals surface area contributed by atoms with Crippen LogP contribution in [0, 0.1) is 0 Å². The number of aromatic nitrogens is 1. The quantitative estimate of drug-likeness (QED) is 0.802. The van der Waals surface area contributed by atoms with Gasteiger partial charge in [0.15, 0.2) is 5.13 Å². The van der Waals surface area contributed by atoms with Gasteiger partial charge < -0.3 is 15.4 Å². The fraction of sp³-hybridized carbons (Fsp3) is 0.333. The van der Waals surface area contributed by atoms with Gasteiger partial charge in [0.2, 0.25) is 5.91 Å². The second-order valence-electron chi connectivity index (χ2n) is 3.83. The number of nitrogens with one attached hydrogen (secondary N) is 2. The summed E-state index contributed by atoms with van der Waals surface area (Å²) in [5.74, 6) is -0.0886. The zero-order valence-corrected chi connectivity index (χ0v) is 12.0. The summed E-state index contributed by atoms with van der Waals surface area (Å²) in [6.07, 6.45) is 0. The van der Waals surface area contributed by atoms with Crippen molar-refractivity contribution in [2.24, 2.45) is 0 Å². The number of benzene rings is 1. The molecule has 0 aliphatic heterocycles. The SMILES string of the molecule is COCCNC(=O)CNc1nc2ccc(Cl)cc2s1. The van der Waals surface area contributed by atoms with Crippen molar-refractivity contribution < 1.29 is 9.53 Å². The van der Waals surface area contributed by atoms with Crippen molar-refractivity contribution >= 4 is 44.2 Å². The first-order valence-corrected chi connectivity index (χ1v) is 6.94. The maximum Gasteiger partial charge on any atom is 0.239 e. The third-order valence-electron chi connectivity index (χ3n) is 2.38. The summed E-state index contributed by atoms with van der Waals surface area (Å²) in [5, 5.41) is 7.11. The molecule has 0 atom stereocenters. The van der Waals surface area contributed by atoms with Crippen molar-refractivity contribution in [2.75, 3.05) is 32.1 Å². The molecule has 2 rings (SSSR count). The Morgan fingerprint density at radius 1 is 1.53 bits per heavy atom. The van der Waals surface area contributed by atoms with Crippen molar-refractivity contribution in [2.45, 2.75) is 0 Å². The monoisotopic (exact) mass is 299 g/mol. The molecule has 0 bridgehead atoms. The highest BCUT2D eigenvalue weighted by molar-refractivity contribution is 7.22. The lowest BCUT2D eigenvalue weighted by atomic mass is 10.3. The second kappa shape index (κ2) is 6.70. The average molecular weight is 300 g/mol. The highest BCUT2D eigenvalue weighted by Gasteiger charge is 2.06. The Labute approximate surface area is 119 Å². The molecule has 1 heterocycles. The minimum Gasteiger partial charge on any atom is -0.383 e. The van der Waals surface area contributed by atoms with Crippen molar-refractivity contribution in [1.29, 1.82) is 0 Å². The fourth-order valence-electron chi connectivity index (χ4n) is 1.48. The largest absolute Gasteiger partial charge is 0.383 e. The van der Waals surface area contributed by atoms with Gasteiger partial charge in [0.1, 0.15) is 0 Å². The number of hydrogen-bond acceptors (Lipinski definition) is 5. The van der Waals surface area contributed by atoms with Crippen LogP contribution >= 0.6 is 22.9 Å². The van der Waals surface area contributed by atoms with Crippen molar-refractivity contribution in [3.05, 3.63) is 23.2 Å². The molecule has 2 N–H and O–H groups in total. The molecule has 0 spiro atoms. The molecule has 0 radical (unpaired) electrons. The zero-order chi connectivity index (χ0) is 13.7. The van der Waals surface area contributed by atoms with E-state index in [-0.39, 0.29) is 12.5 Å².